The number of methoxy groups -OCH3 is 3. The van der Waals surface area contributed by atoms with Gasteiger partial charge in [0.05, 0.1) is 27.9 Å². The van der Waals surface area contributed by atoms with E-state index >= 15 is 0 Å². The SMILES string of the molecule is COc1cc(CN=C(N)Nc2ccc(C)c(C)c2)cc(OC)c1OC.I. The van der Waals surface area contributed by atoms with E-state index in [0.717, 1.165) is 11.3 Å². The number of nitrogens with zero attached hydrogens (tertiary/aromatic N) is 1. The number of nitrogens with one attached hydrogen (secondary N) is 1. The van der Waals surface area contributed by atoms with E-state index in [0.29, 0.717) is 29.8 Å². The molecule has 0 spiro atoms. The van der Waals surface area contributed by atoms with Crippen LogP contribution in [0.3, 0.4) is 0 Å². The van der Waals surface area contributed by atoms with Gasteiger partial charge in [0.2, 0.25) is 5.75 Å². The van der Waals surface area contributed by atoms with Crippen LogP contribution in [0, 0.1) is 13.8 Å². The third-order valence-corrected chi connectivity index (χ3v) is 3.94. The highest BCUT2D eigenvalue weighted by Gasteiger charge is 2.12. The highest BCUT2D eigenvalue weighted by Crippen LogP contribution is 2.38. The van der Waals surface area contributed by atoms with Crippen molar-refractivity contribution in [1.29, 1.82) is 0 Å². The second-order valence-electron chi connectivity index (χ2n) is 5.66. The van der Waals surface area contributed by atoms with Crippen LogP contribution in [0.25, 0.3) is 0 Å². The van der Waals surface area contributed by atoms with E-state index in [4.69, 9.17) is 19.9 Å². The van der Waals surface area contributed by atoms with Crippen LogP contribution in [0.15, 0.2) is 35.3 Å². The van der Waals surface area contributed by atoms with Gasteiger partial charge in [-0.2, -0.15) is 0 Å². The molecule has 0 amide bonds. The minimum Gasteiger partial charge on any atom is -0.493 e. The third-order valence-electron chi connectivity index (χ3n) is 3.94. The Bertz CT molecular complexity index is 754. The predicted octanol–water partition coefficient (Wildman–Crippen LogP) is 3.87. The number of halogens is 1. The van der Waals surface area contributed by atoms with Gasteiger partial charge in [-0.15, -0.1) is 24.0 Å². The first kappa shape index (κ1) is 21.9. The molecular weight excluding hydrogens is 445 g/mol. The number of benzene rings is 2. The van der Waals surface area contributed by atoms with Crippen LogP contribution < -0.4 is 25.3 Å². The zero-order valence-electron chi connectivity index (χ0n) is 15.8. The fraction of sp³-hybridized carbons (Fsp3) is 0.316. The fourth-order valence-corrected chi connectivity index (χ4v) is 2.41. The van der Waals surface area contributed by atoms with Gasteiger partial charge in [-0.05, 0) is 54.8 Å². The van der Waals surface area contributed by atoms with E-state index in [2.05, 4.69) is 24.2 Å². The average molecular weight is 471 g/mol. The Kier molecular flexibility index (Phi) is 8.50. The van der Waals surface area contributed by atoms with Crippen molar-refractivity contribution in [3.63, 3.8) is 0 Å². The topological polar surface area (TPSA) is 78.1 Å². The number of aryl methyl sites for hydroxylation is 2. The maximum atomic E-state index is 5.99. The molecule has 0 saturated carbocycles. The highest BCUT2D eigenvalue weighted by molar-refractivity contribution is 14.0. The van der Waals surface area contributed by atoms with Crippen molar-refractivity contribution in [3.8, 4) is 17.2 Å². The fourth-order valence-electron chi connectivity index (χ4n) is 2.41. The summed E-state index contributed by atoms with van der Waals surface area (Å²) >= 11 is 0. The lowest BCUT2D eigenvalue weighted by Crippen LogP contribution is -2.22. The van der Waals surface area contributed by atoms with E-state index in [1.165, 1.54) is 11.1 Å². The molecule has 0 radical (unpaired) electrons. The van der Waals surface area contributed by atoms with Crippen molar-refractivity contribution in [3.05, 3.63) is 47.0 Å². The Balaban J connectivity index is 0.00000338. The summed E-state index contributed by atoms with van der Waals surface area (Å²) in [6.45, 7) is 4.52. The first-order valence-corrected chi connectivity index (χ1v) is 7.91. The number of aliphatic imine (C=N–C) groups is 1. The maximum Gasteiger partial charge on any atom is 0.203 e. The van der Waals surface area contributed by atoms with E-state index in [1.807, 2.05) is 30.3 Å². The molecule has 2 aromatic rings. The van der Waals surface area contributed by atoms with Crippen molar-refractivity contribution in [1.82, 2.24) is 0 Å². The monoisotopic (exact) mass is 471 g/mol. The van der Waals surface area contributed by atoms with Gasteiger partial charge in [0.1, 0.15) is 0 Å². The van der Waals surface area contributed by atoms with Gasteiger partial charge in [-0.1, -0.05) is 6.07 Å². The number of anilines is 1. The Morgan fingerprint density at radius 1 is 0.962 bits per heavy atom. The predicted molar refractivity (Wildman–Crippen MR) is 116 cm³/mol. The quantitative estimate of drug-likeness (QED) is 0.380. The average Bonchev–Trinajstić information content (AvgIpc) is 2.62. The summed E-state index contributed by atoms with van der Waals surface area (Å²) in [5, 5.41) is 3.10. The molecule has 7 heteroatoms. The molecule has 2 aromatic carbocycles. The molecule has 0 aliphatic heterocycles. The van der Waals surface area contributed by atoms with Crippen LogP contribution >= 0.6 is 24.0 Å². The molecule has 26 heavy (non-hydrogen) atoms. The third kappa shape index (κ3) is 5.42. The Morgan fingerprint density at radius 3 is 2.08 bits per heavy atom. The summed E-state index contributed by atoms with van der Waals surface area (Å²) < 4.78 is 16.0. The van der Waals surface area contributed by atoms with Crippen LogP contribution in [0.4, 0.5) is 5.69 Å². The van der Waals surface area contributed by atoms with Crippen LogP contribution in [-0.4, -0.2) is 27.3 Å². The van der Waals surface area contributed by atoms with Gasteiger partial charge in [-0.3, -0.25) is 0 Å². The van der Waals surface area contributed by atoms with Crippen molar-refractivity contribution in [2.75, 3.05) is 26.6 Å². The zero-order valence-corrected chi connectivity index (χ0v) is 18.1. The van der Waals surface area contributed by atoms with Gasteiger partial charge in [0.25, 0.3) is 0 Å². The Hall–Kier alpha value is -2.16. The van der Waals surface area contributed by atoms with E-state index in [-0.39, 0.29) is 24.0 Å². The number of rotatable bonds is 6. The molecule has 0 heterocycles. The largest absolute Gasteiger partial charge is 0.493 e. The van der Waals surface area contributed by atoms with Crippen molar-refractivity contribution >= 4 is 35.6 Å². The first-order valence-electron chi connectivity index (χ1n) is 7.91. The smallest absolute Gasteiger partial charge is 0.203 e. The summed E-state index contributed by atoms with van der Waals surface area (Å²) in [4.78, 5) is 4.38. The van der Waals surface area contributed by atoms with E-state index < -0.39 is 0 Å². The van der Waals surface area contributed by atoms with Crippen LogP contribution in [0.5, 0.6) is 17.2 Å². The van der Waals surface area contributed by atoms with Gasteiger partial charge in [0, 0.05) is 5.69 Å². The van der Waals surface area contributed by atoms with Gasteiger partial charge in [0.15, 0.2) is 17.5 Å². The lowest BCUT2D eigenvalue weighted by molar-refractivity contribution is 0.324. The molecule has 0 bridgehead atoms. The lowest BCUT2D eigenvalue weighted by Gasteiger charge is -2.13. The number of guanidine groups is 1. The Morgan fingerprint density at radius 2 is 1.58 bits per heavy atom. The minimum atomic E-state index is 0. The minimum absolute atomic E-state index is 0. The molecule has 0 aliphatic rings. The van der Waals surface area contributed by atoms with Crippen molar-refractivity contribution in [2.45, 2.75) is 20.4 Å². The number of hydrogen-bond acceptors (Lipinski definition) is 4. The molecule has 3 N–H and O–H groups in total. The molecule has 142 valence electrons. The Labute approximate surface area is 171 Å². The second kappa shape index (κ2) is 10.1. The molecule has 0 aromatic heterocycles. The zero-order chi connectivity index (χ0) is 18.4. The molecule has 0 aliphatic carbocycles. The van der Waals surface area contributed by atoms with Gasteiger partial charge in [-0.25, -0.2) is 4.99 Å². The molecular formula is C19H26IN3O3. The highest BCUT2D eigenvalue weighted by atomic mass is 127. The second-order valence-corrected chi connectivity index (χ2v) is 5.66. The summed E-state index contributed by atoms with van der Waals surface area (Å²) in [6, 6.07) is 9.77. The molecule has 2 rings (SSSR count). The van der Waals surface area contributed by atoms with Crippen molar-refractivity contribution in [2.24, 2.45) is 10.7 Å². The molecule has 6 nitrogen and oxygen atoms in total. The number of nitrogens with two attached hydrogens (primary N) is 1. The first-order chi connectivity index (χ1) is 12.0. The van der Waals surface area contributed by atoms with Crippen molar-refractivity contribution < 1.29 is 14.2 Å². The molecule has 0 atom stereocenters. The van der Waals surface area contributed by atoms with E-state index in [9.17, 15) is 0 Å². The lowest BCUT2D eigenvalue weighted by atomic mass is 10.1. The summed E-state index contributed by atoms with van der Waals surface area (Å²) in [5.74, 6) is 2.08. The molecule has 0 saturated heterocycles. The summed E-state index contributed by atoms with van der Waals surface area (Å²) in [5.41, 5.74) is 10.2. The van der Waals surface area contributed by atoms with Crippen LogP contribution in [-0.2, 0) is 6.54 Å². The van der Waals surface area contributed by atoms with Gasteiger partial charge >= 0.3 is 0 Å². The normalized spacial score (nSPS) is 10.7. The van der Waals surface area contributed by atoms with Gasteiger partial charge < -0.3 is 25.3 Å². The maximum absolute atomic E-state index is 5.99. The van der Waals surface area contributed by atoms with Crippen LogP contribution in [0.1, 0.15) is 16.7 Å². The number of ether oxygens (including phenoxy) is 3. The summed E-state index contributed by atoms with van der Waals surface area (Å²) in [7, 11) is 4.74. The van der Waals surface area contributed by atoms with Crippen LogP contribution in [0.2, 0.25) is 0 Å². The number of hydrogen-bond donors (Lipinski definition) is 2. The van der Waals surface area contributed by atoms with E-state index in [1.54, 1.807) is 21.3 Å². The molecule has 0 fully saturated rings. The summed E-state index contributed by atoms with van der Waals surface area (Å²) in [6.07, 6.45) is 0. The molecule has 0 unspecified atom stereocenters. The standard InChI is InChI=1S/C19H25N3O3.HI/c1-12-6-7-15(8-13(12)2)22-19(20)21-11-14-9-16(23-3)18(25-5)17(10-14)24-4;/h6-10H,11H2,1-5H3,(H3,20,21,22);1H.